The van der Waals surface area contributed by atoms with E-state index in [0.717, 1.165) is 29.6 Å². The van der Waals surface area contributed by atoms with Crippen LogP contribution < -0.4 is 10.1 Å². The van der Waals surface area contributed by atoms with E-state index in [4.69, 9.17) is 4.74 Å². The maximum atomic E-state index is 6.17. The first-order chi connectivity index (χ1) is 8.33. The minimum absolute atomic E-state index is 0.413. The Balaban J connectivity index is 1.73. The maximum absolute atomic E-state index is 6.17. The Morgan fingerprint density at radius 1 is 1.29 bits per heavy atom. The standard InChI is InChI=1S/C14H18BrNO/c15-12-4-6-13-10(8-12)3-5-14(17-13)11-2-1-7-16-9-11/h4,6,8,11,14,16H,1-3,5,7,9H2. The molecule has 0 radical (unpaired) electrons. The van der Waals surface area contributed by atoms with E-state index in [-0.39, 0.29) is 0 Å². The first-order valence-electron chi connectivity index (χ1n) is 6.49. The van der Waals surface area contributed by atoms with Crippen LogP contribution in [0, 0.1) is 5.92 Å². The summed E-state index contributed by atoms with van der Waals surface area (Å²) in [7, 11) is 0. The monoisotopic (exact) mass is 295 g/mol. The average Bonchev–Trinajstić information content (AvgIpc) is 2.39. The molecule has 2 unspecified atom stereocenters. The highest BCUT2D eigenvalue weighted by atomic mass is 79.9. The minimum Gasteiger partial charge on any atom is -0.490 e. The van der Waals surface area contributed by atoms with Crippen LogP contribution in [0.1, 0.15) is 24.8 Å². The third-order valence-corrected chi connectivity index (χ3v) is 4.35. The molecule has 3 rings (SSSR count). The van der Waals surface area contributed by atoms with Crippen LogP contribution in [-0.2, 0) is 6.42 Å². The second-order valence-corrected chi connectivity index (χ2v) is 5.97. The van der Waals surface area contributed by atoms with Gasteiger partial charge in [0.2, 0.25) is 0 Å². The molecule has 0 bridgehead atoms. The molecule has 0 spiro atoms. The predicted molar refractivity (Wildman–Crippen MR) is 72.5 cm³/mol. The van der Waals surface area contributed by atoms with Crippen molar-refractivity contribution in [3.05, 3.63) is 28.2 Å². The Labute approximate surface area is 111 Å². The van der Waals surface area contributed by atoms with Crippen molar-refractivity contribution in [3.63, 3.8) is 0 Å². The van der Waals surface area contributed by atoms with Gasteiger partial charge in [0.15, 0.2) is 0 Å². The molecule has 1 fully saturated rings. The topological polar surface area (TPSA) is 21.3 Å². The van der Waals surface area contributed by atoms with Crippen molar-refractivity contribution in [1.82, 2.24) is 5.32 Å². The quantitative estimate of drug-likeness (QED) is 0.859. The maximum Gasteiger partial charge on any atom is 0.122 e. The van der Waals surface area contributed by atoms with Crippen molar-refractivity contribution < 1.29 is 4.74 Å². The molecule has 1 saturated heterocycles. The first-order valence-corrected chi connectivity index (χ1v) is 7.28. The lowest BCUT2D eigenvalue weighted by atomic mass is 9.88. The van der Waals surface area contributed by atoms with Gasteiger partial charge in [-0.15, -0.1) is 0 Å². The molecule has 0 aromatic heterocycles. The molecule has 0 aliphatic carbocycles. The van der Waals surface area contributed by atoms with Crippen LogP contribution in [0.3, 0.4) is 0 Å². The van der Waals surface area contributed by atoms with Gasteiger partial charge in [-0.05, 0) is 56.0 Å². The zero-order valence-corrected chi connectivity index (χ0v) is 11.5. The number of aryl methyl sites for hydroxylation is 1. The lowest BCUT2D eigenvalue weighted by Gasteiger charge is -2.34. The number of hydrogen-bond acceptors (Lipinski definition) is 2. The van der Waals surface area contributed by atoms with Gasteiger partial charge < -0.3 is 10.1 Å². The number of benzene rings is 1. The van der Waals surface area contributed by atoms with Crippen molar-refractivity contribution in [1.29, 1.82) is 0 Å². The molecule has 3 heteroatoms. The SMILES string of the molecule is Brc1ccc2c(c1)CCC(C1CCCNC1)O2. The molecular formula is C14H18BrNO. The first kappa shape index (κ1) is 11.5. The summed E-state index contributed by atoms with van der Waals surface area (Å²) in [5, 5.41) is 3.48. The van der Waals surface area contributed by atoms with E-state index in [1.54, 1.807) is 0 Å². The van der Waals surface area contributed by atoms with E-state index in [2.05, 4.69) is 39.4 Å². The minimum atomic E-state index is 0.413. The number of nitrogens with one attached hydrogen (secondary N) is 1. The normalized spacial score (nSPS) is 28.3. The van der Waals surface area contributed by atoms with E-state index in [1.807, 2.05) is 0 Å². The molecule has 1 aromatic carbocycles. The number of fused-ring (bicyclic) bond motifs is 1. The highest BCUT2D eigenvalue weighted by Crippen LogP contribution is 2.33. The summed E-state index contributed by atoms with van der Waals surface area (Å²) in [5.74, 6) is 1.79. The van der Waals surface area contributed by atoms with E-state index >= 15 is 0 Å². The van der Waals surface area contributed by atoms with Crippen LogP contribution in [0.5, 0.6) is 5.75 Å². The lowest BCUT2D eigenvalue weighted by molar-refractivity contribution is 0.0948. The molecule has 0 amide bonds. The number of rotatable bonds is 1. The summed E-state index contributed by atoms with van der Waals surface area (Å²) in [6.07, 6.45) is 5.32. The summed E-state index contributed by atoms with van der Waals surface area (Å²) in [4.78, 5) is 0. The zero-order chi connectivity index (χ0) is 11.7. The molecular weight excluding hydrogens is 278 g/mol. The second-order valence-electron chi connectivity index (χ2n) is 5.05. The Morgan fingerprint density at radius 3 is 3.06 bits per heavy atom. The van der Waals surface area contributed by atoms with Crippen molar-refractivity contribution >= 4 is 15.9 Å². The van der Waals surface area contributed by atoms with E-state index < -0.39 is 0 Å². The van der Waals surface area contributed by atoms with Crippen LogP contribution in [0.15, 0.2) is 22.7 Å². The van der Waals surface area contributed by atoms with E-state index in [1.165, 1.54) is 24.9 Å². The van der Waals surface area contributed by atoms with Gasteiger partial charge in [-0.3, -0.25) is 0 Å². The second kappa shape index (κ2) is 4.99. The van der Waals surface area contributed by atoms with Gasteiger partial charge in [0.05, 0.1) is 0 Å². The van der Waals surface area contributed by atoms with Crippen LogP contribution >= 0.6 is 15.9 Å². The molecule has 1 N–H and O–H groups in total. The molecule has 0 saturated carbocycles. The Morgan fingerprint density at radius 2 is 2.24 bits per heavy atom. The van der Waals surface area contributed by atoms with Gasteiger partial charge in [-0.1, -0.05) is 15.9 Å². The molecule has 2 heterocycles. The van der Waals surface area contributed by atoms with Gasteiger partial charge in [-0.25, -0.2) is 0 Å². The van der Waals surface area contributed by atoms with Crippen molar-refractivity contribution in [2.75, 3.05) is 13.1 Å². The van der Waals surface area contributed by atoms with Crippen LogP contribution in [0.4, 0.5) is 0 Å². The summed E-state index contributed by atoms with van der Waals surface area (Å²) in [6.45, 7) is 2.29. The van der Waals surface area contributed by atoms with Gasteiger partial charge in [-0.2, -0.15) is 0 Å². The molecule has 17 heavy (non-hydrogen) atoms. The van der Waals surface area contributed by atoms with E-state index in [9.17, 15) is 0 Å². The van der Waals surface area contributed by atoms with Crippen LogP contribution in [0.25, 0.3) is 0 Å². The fourth-order valence-corrected chi connectivity index (χ4v) is 3.31. The Bertz CT molecular complexity index is 401. The zero-order valence-electron chi connectivity index (χ0n) is 9.92. The summed E-state index contributed by atoms with van der Waals surface area (Å²) in [5.41, 5.74) is 1.35. The van der Waals surface area contributed by atoms with Crippen LogP contribution in [-0.4, -0.2) is 19.2 Å². The fraction of sp³-hybridized carbons (Fsp3) is 0.571. The summed E-state index contributed by atoms with van der Waals surface area (Å²) in [6, 6.07) is 6.35. The predicted octanol–water partition coefficient (Wildman–Crippen LogP) is 3.14. The van der Waals surface area contributed by atoms with E-state index in [0.29, 0.717) is 12.0 Å². The number of piperidine rings is 1. The Hall–Kier alpha value is -0.540. The molecule has 1 aromatic rings. The van der Waals surface area contributed by atoms with Gasteiger partial charge >= 0.3 is 0 Å². The third kappa shape index (κ3) is 2.50. The lowest BCUT2D eigenvalue weighted by Crippen LogP contribution is -2.40. The number of ether oxygens (including phenoxy) is 1. The molecule has 2 atom stereocenters. The summed E-state index contributed by atoms with van der Waals surface area (Å²) >= 11 is 3.52. The molecule has 92 valence electrons. The molecule has 2 nitrogen and oxygen atoms in total. The van der Waals surface area contributed by atoms with Gasteiger partial charge in [0, 0.05) is 16.9 Å². The average molecular weight is 296 g/mol. The summed E-state index contributed by atoms with van der Waals surface area (Å²) < 4.78 is 7.32. The highest BCUT2D eigenvalue weighted by Gasteiger charge is 2.28. The van der Waals surface area contributed by atoms with Gasteiger partial charge in [0.25, 0.3) is 0 Å². The van der Waals surface area contributed by atoms with Crippen molar-refractivity contribution in [3.8, 4) is 5.75 Å². The van der Waals surface area contributed by atoms with Gasteiger partial charge in [0.1, 0.15) is 11.9 Å². The fourth-order valence-electron chi connectivity index (χ4n) is 2.91. The van der Waals surface area contributed by atoms with Crippen molar-refractivity contribution in [2.24, 2.45) is 5.92 Å². The third-order valence-electron chi connectivity index (χ3n) is 3.86. The number of hydrogen-bond donors (Lipinski definition) is 1. The molecule has 2 aliphatic rings. The smallest absolute Gasteiger partial charge is 0.122 e. The molecule has 2 aliphatic heterocycles. The largest absolute Gasteiger partial charge is 0.490 e. The van der Waals surface area contributed by atoms with Crippen LogP contribution in [0.2, 0.25) is 0 Å². The highest BCUT2D eigenvalue weighted by molar-refractivity contribution is 9.10. The Kier molecular flexibility index (Phi) is 3.39. The van der Waals surface area contributed by atoms with Crippen molar-refractivity contribution in [2.45, 2.75) is 31.8 Å². The number of halogens is 1.